The van der Waals surface area contributed by atoms with Gasteiger partial charge in [-0.3, -0.25) is 4.79 Å². The fourth-order valence-electron chi connectivity index (χ4n) is 5.69. The Kier molecular flexibility index (Phi) is 14.1. The van der Waals surface area contributed by atoms with Crippen LogP contribution in [0.4, 0.5) is 4.79 Å². The van der Waals surface area contributed by atoms with Crippen LogP contribution in [-0.2, 0) is 47.5 Å². The zero-order valence-corrected chi connectivity index (χ0v) is 27.6. The van der Waals surface area contributed by atoms with Crippen LogP contribution in [0.3, 0.4) is 0 Å². The lowest BCUT2D eigenvalue weighted by Crippen LogP contribution is -2.66. The molecular weight excluding hydrogens is 696 g/mol. The van der Waals surface area contributed by atoms with Crippen molar-refractivity contribution >= 4 is 18.0 Å². The van der Waals surface area contributed by atoms with Crippen molar-refractivity contribution in [3.8, 4) is 0 Å². The Morgan fingerprint density at radius 2 is 1.31 bits per heavy atom. The number of alkyl carbamates (subject to hydrolysis) is 1. The van der Waals surface area contributed by atoms with Crippen molar-refractivity contribution in [1.82, 2.24) is 10.6 Å². The Hall–Kier alpha value is -2.65. The van der Waals surface area contributed by atoms with Crippen LogP contribution in [0, 0.1) is 0 Å². The Bertz CT molecular complexity index is 1220. The molecule has 292 valence electrons. The van der Waals surface area contributed by atoms with Gasteiger partial charge < -0.3 is 94.5 Å². The molecule has 0 spiro atoms. The minimum Gasteiger partial charge on any atom is -0.477 e. The molecule has 4 aliphatic heterocycles. The molecule has 4 rings (SSSR count). The van der Waals surface area contributed by atoms with Crippen LogP contribution >= 0.6 is 0 Å². The first-order valence-electron chi connectivity index (χ1n) is 16.0. The highest BCUT2D eigenvalue weighted by atomic mass is 16.8. The molecule has 4 fully saturated rings. The van der Waals surface area contributed by atoms with E-state index in [1.54, 1.807) is 0 Å². The van der Waals surface area contributed by atoms with E-state index in [1.165, 1.54) is 6.92 Å². The average Bonchev–Trinajstić information content (AvgIpc) is 3.45. The highest BCUT2D eigenvalue weighted by Gasteiger charge is 2.60. The van der Waals surface area contributed by atoms with Gasteiger partial charge in [0.1, 0.15) is 79.9 Å². The van der Waals surface area contributed by atoms with Crippen molar-refractivity contribution in [3.05, 3.63) is 12.2 Å². The quantitative estimate of drug-likeness (QED) is 0.0583. The molecule has 4 aliphatic rings. The summed E-state index contributed by atoms with van der Waals surface area (Å²) in [5, 5.41) is 97.9. The molecule has 4 heterocycles. The molecule has 0 aliphatic carbocycles. The summed E-state index contributed by atoms with van der Waals surface area (Å²) in [6, 6.07) is 0. The van der Waals surface area contributed by atoms with E-state index in [9.17, 15) is 60.3 Å². The number of fused-ring (bicyclic) bond motifs is 1. The molecule has 11 N–H and O–H groups in total. The molecule has 0 aromatic heterocycles. The van der Waals surface area contributed by atoms with Gasteiger partial charge in [0, 0.05) is 25.6 Å². The van der Waals surface area contributed by atoms with Gasteiger partial charge in [-0.05, 0) is 13.3 Å². The Labute approximate surface area is 290 Å². The summed E-state index contributed by atoms with van der Waals surface area (Å²) < 4.78 is 44.1. The molecule has 22 heteroatoms. The standard InChI is InChI=1S/C29H46N2O20/c1-10(2)23(40)30-5-4-6-31-28(43)44-9-13-21(19(39)22-26(47-13)51-29(3,50-22)27(41)42)49-25-18(38)16(36)20(12(8-33)46-25)48-24-17(37)15(35)14(34)11(7-32)45-24/h11-22,24-26,32-39H,1,4-9H2,2-3H3,(H,30,40)(H,31,43)(H,41,42). The summed E-state index contributed by atoms with van der Waals surface area (Å²) in [6.45, 7) is 4.09. The molecule has 0 aromatic carbocycles. The first kappa shape index (κ1) is 41.1. The third-order valence-corrected chi connectivity index (χ3v) is 8.63. The summed E-state index contributed by atoms with van der Waals surface area (Å²) in [5.74, 6) is -4.17. The fourth-order valence-corrected chi connectivity index (χ4v) is 5.69. The monoisotopic (exact) mass is 742 g/mol. The molecule has 4 saturated heterocycles. The maximum Gasteiger partial charge on any atom is 0.407 e. The van der Waals surface area contributed by atoms with Gasteiger partial charge in [-0.2, -0.15) is 0 Å². The lowest BCUT2D eigenvalue weighted by molar-refractivity contribution is -0.374. The lowest BCUT2D eigenvalue weighted by Gasteiger charge is -2.47. The first-order chi connectivity index (χ1) is 24.0. The highest BCUT2D eigenvalue weighted by Crippen LogP contribution is 2.39. The van der Waals surface area contributed by atoms with E-state index in [1.807, 2.05) is 0 Å². The van der Waals surface area contributed by atoms with Crippen LogP contribution in [0.5, 0.6) is 0 Å². The summed E-state index contributed by atoms with van der Waals surface area (Å²) in [5.41, 5.74) is 0.310. The lowest BCUT2D eigenvalue weighted by atomic mass is 9.96. The number of aliphatic hydroxyl groups is 8. The molecule has 16 unspecified atom stereocenters. The molecule has 2 amide bonds. The number of nitrogens with one attached hydrogen (secondary N) is 2. The van der Waals surface area contributed by atoms with E-state index in [-0.39, 0.29) is 19.0 Å². The van der Waals surface area contributed by atoms with E-state index in [4.69, 9.17) is 37.9 Å². The van der Waals surface area contributed by atoms with Crippen molar-refractivity contribution in [3.63, 3.8) is 0 Å². The second-order valence-electron chi connectivity index (χ2n) is 12.5. The number of aliphatic carboxylic acids is 1. The first-order valence-corrected chi connectivity index (χ1v) is 16.0. The van der Waals surface area contributed by atoms with Crippen LogP contribution in [0.2, 0.25) is 0 Å². The maximum atomic E-state index is 12.4. The normalized spacial score (nSPS) is 42.4. The highest BCUT2D eigenvalue weighted by molar-refractivity contribution is 5.92. The molecule has 0 bridgehead atoms. The number of hydrogen-bond donors (Lipinski definition) is 11. The third kappa shape index (κ3) is 9.30. The van der Waals surface area contributed by atoms with Crippen LogP contribution in [0.1, 0.15) is 20.3 Å². The summed E-state index contributed by atoms with van der Waals surface area (Å²) >= 11 is 0. The number of carbonyl (C=O) groups is 3. The van der Waals surface area contributed by atoms with Crippen LogP contribution in [0.25, 0.3) is 0 Å². The Balaban J connectivity index is 1.44. The van der Waals surface area contributed by atoms with E-state index in [0.717, 1.165) is 6.92 Å². The molecule has 0 radical (unpaired) electrons. The Morgan fingerprint density at radius 3 is 1.90 bits per heavy atom. The van der Waals surface area contributed by atoms with E-state index >= 15 is 0 Å². The topological polar surface area (TPSA) is 331 Å². The third-order valence-electron chi connectivity index (χ3n) is 8.63. The number of hydrogen-bond acceptors (Lipinski definition) is 19. The number of rotatable bonds is 14. The second-order valence-corrected chi connectivity index (χ2v) is 12.5. The summed E-state index contributed by atoms with van der Waals surface area (Å²) in [6.07, 6.45) is -26.1. The van der Waals surface area contributed by atoms with Gasteiger partial charge >= 0.3 is 12.1 Å². The van der Waals surface area contributed by atoms with Crippen molar-refractivity contribution in [2.45, 2.75) is 118 Å². The smallest absolute Gasteiger partial charge is 0.407 e. The summed E-state index contributed by atoms with van der Waals surface area (Å²) in [4.78, 5) is 35.8. The largest absolute Gasteiger partial charge is 0.477 e. The minimum absolute atomic E-state index is 0.0803. The molecular formula is C29H46N2O20. The number of amides is 2. The summed E-state index contributed by atoms with van der Waals surface area (Å²) in [7, 11) is 0. The number of carbonyl (C=O) groups excluding carboxylic acids is 2. The zero-order valence-electron chi connectivity index (χ0n) is 27.6. The van der Waals surface area contributed by atoms with E-state index in [0.29, 0.717) is 12.0 Å². The molecule has 51 heavy (non-hydrogen) atoms. The van der Waals surface area contributed by atoms with Gasteiger partial charge in [-0.1, -0.05) is 6.58 Å². The molecule has 16 atom stereocenters. The van der Waals surface area contributed by atoms with Crippen LogP contribution in [-0.4, -0.2) is 195 Å². The number of ether oxygens (including phenoxy) is 8. The van der Waals surface area contributed by atoms with E-state index < -0.39 is 130 Å². The molecule has 0 saturated carbocycles. The van der Waals surface area contributed by atoms with E-state index in [2.05, 4.69) is 17.2 Å². The SMILES string of the molecule is C=C(C)C(=O)NCCCNC(=O)OCC1OC2OC(C)(C(=O)O)OC2C(O)C1OC1OC(CO)C(OC2OC(CO)C(O)C(O)C2O)C(O)C1O. The van der Waals surface area contributed by atoms with Gasteiger partial charge in [-0.15, -0.1) is 0 Å². The predicted molar refractivity (Wildman–Crippen MR) is 160 cm³/mol. The Morgan fingerprint density at radius 1 is 0.745 bits per heavy atom. The van der Waals surface area contributed by atoms with Crippen molar-refractivity contribution < 1.29 is 98.2 Å². The van der Waals surface area contributed by atoms with Crippen molar-refractivity contribution in [1.29, 1.82) is 0 Å². The fraction of sp³-hybridized carbons (Fsp3) is 0.828. The van der Waals surface area contributed by atoms with Crippen LogP contribution < -0.4 is 10.6 Å². The number of carboxylic acid groups (broad SMARTS) is 1. The van der Waals surface area contributed by atoms with Crippen LogP contribution in [0.15, 0.2) is 12.2 Å². The number of carboxylic acids is 1. The number of aliphatic hydroxyl groups excluding tert-OH is 8. The van der Waals surface area contributed by atoms with Gasteiger partial charge in [0.05, 0.1) is 13.2 Å². The van der Waals surface area contributed by atoms with Crippen molar-refractivity contribution in [2.24, 2.45) is 0 Å². The minimum atomic E-state index is -2.26. The zero-order chi connectivity index (χ0) is 37.8. The van der Waals surface area contributed by atoms with Crippen molar-refractivity contribution in [2.75, 3.05) is 32.9 Å². The van der Waals surface area contributed by atoms with Gasteiger partial charge in [0.2, 0.25) is 5.91 Å². The van der Waals surface area contributed by atoms with Gasteiger partial charge in [-0.25, -0.2) is 9.59 Å². The maximum absolute atomic E-state index is 12.4. The second kappa shape index (κ2) is 17.5. The van der Waals surface area contributed by atoms with Gasteiger partial charge in [0.25, 0.3) is 5.79 Å². The predicted octanol–water partition coefficient (Wildman–Crippen LogP) is -5.89. The van der Waals surface area contributed by atoms with Gasteiger partial charge in [0.15, 0.2) is 18.9 Å². The molecule has 22 nitrogen and oxygen atoms in total. The average molecular weight is 743 g/mol. The molecule has 0 aromatic rings.